The molecule has 3 nitrogen and oxygen atoms in total. The van der Waals surface area contributed by atoms with E-state index in [0.29, 0.717) is 6.61 Å². The second-order valence-corrected chi connectivity index (χ2v) is 3.24. The summed E-state index contributed by atoms with van der Waals surface area (Å²) >= 11 is 0. The molecule has 0 saturated heterocycles. The van der Waals surface area contributed by atoms with Gasteiger partial charge in [-0.05, 0) is 25.8 Å². The van der Waals surface area contributed by atoms with Gasteiger partial charge in [-0.3, -0.25) is 4.99 Å². The van der Waals surface area contributed by atoms with Gasteiger partial charge < -0.3 is 9.47 Å². The highest BCUT2D eigenvalue weighted by molar-refractivity contribution is 5.42. The van der Waals surface area contributed by atoms with Gasteiger partial charge in [0.15, 0.2) is 17.6 Å². The number of hydrogen-bond donors (Lipinski definition) is 0. The Morgan fingerprint density at radius 1 is 1.47 bits per heavy atom. The lowest BCUT2D eigenvalue weighted by molar-refractivity contribution is 0.114. The minimum Gasteiger partial charge on any atom is -0.485 e. The van der Waals surface area contributed by atoms with Crippen LogP contribution in [-0.2, 0) is 0 Å². The van der Waals surface area contributed by atoms with Crippen LogP contribution >= 0.6 is 0 Å². The number of benzene rings is 1. The van der Waals surface area contributed by atoms with Crippen molar-refractivity contribution in [2.45, 2.75) is 13.0 Å². The zero-order valence-corrected chi connectivity index (χ0v) is 8.64. The molecule has 0 amide bonds. The molecule has 1 aromatic rings. The van der Waals surface area contributed by atoms with Gasteiger partial charge in [0.05, 0.1) is 5.70 Å². The first kappa shape index (κ1) is 9.77. The fourth-order valence-corrected chi connectivity index (χ4v) is 1.54. The molecule has 0 saturated carbocycles. The molecule has 0 radical (unpaired) electrons. The third kappa shape index (κ3) is 1.86. The molecular weight excluding hydrogens is 190 g/mol. The standard InChI is InChI=1S/C12H13NO2/c1-3-9(13-2)12-8-14-10-6-4-5-7-11(10)15-12/h3-7,12H,2,8H2,1H3. The summed E-state index contributed by atoms with van der Waals surface area (Å²) in [4.78, 5) is 3.91. The molecule has 1 heterocycles. The van der Waals surface area contributed by atoms with Crippen molar-refractivity contribution in [2.75, 3.05) is 6.61 Å². The number of rotatable bonds is 2. The van der Waals surface area contributed by atoms with Gasteiger partial charge in [-0.1, -0.05) is 18.2 Å². The van der Waals surface area contributed by atoms with Crippen LogP contribution in [0.15, 0.2) is 41.0 Å². The number of hydrogen-bond acceptors (Lipinski definition) is 3. The Morgan fingerprint density at radius 2 is 2.20 bits per heavy atom. The van der Waals surface area contributed by atoms with Crippen LogP contribution in [0.5, 0.6) is 11.5 Å². The summed E-state index contributed by atoms with van der Waals surface area (Å²) in [6, 6.07) is 7.62. The van der Waals surface area contributed by atoms with E-state index in [-0.39, 0.29) is 6.10 Å². The lowest BCUT2D eigenvalue weighted by Gasteiger charge is -2.26. The Balaban J connectivity index is 2.22. The van der Waals surface area contributed by atoms with Crippen LogP contribution in [0, 0.1) is 0 Å². The fourth-order valence-electron chi connectivity index (χ4n) is 1.54. The number of aliphatic imine (C=N–C) groups is 1. The first-order chi connectivity index (χ1) is 7.35. The van der Waals surface area contributed by atoms with Crippen molar-refractivity contribution in [3.63, 3.8) is 0 Å². The minimum absolute atomic E-state index is 0.151. The quantitative estimate of drug-likeness (QED) is 0.691. The van der Waals surface area contributed by atoms with Crippen LogP contribution in [0.4, 0.5) is 0 Å². The average molecular weight is 203 g/mol. The van der Waals surface area contributed by atoms with E-state index < -0.39 is 0 Å². The topological polar surface area (TPSA) is 30.8 Å². The molecule has 0 aromatic heterocycles. The Kier molecular flexibility index (Phi) is 2.72. The van der Waals surface area contributed by atoms with E-state index >= 15 is 0 Å². The van der Waals surface area contributed by atoms with Crippen LogP contribution < -0.4 is 9.47 Å². The summed E-state index contributed by atoms with van der Waals surface area (Å²) in [6.07, 6.45) is 1.73. The summed E-state index contributed by atoms with van der Waals surface area (Å²) < 4.78 is 11.3. The molecule has 3 heteroatoms. The normalized spacial score (nSPS) is 19.8. The molecule has 1 unspecified atom stereocenters. The van der Waals surface area contributed by atoms with Crippen LogP contribution in [-0.4, -0.2) is 19.4 Å². The number of allylic oxidation sites excluding steroid dienone is 1. The van der Waals surface area contributed by atoms with Gasteiger partial charge in [0.2, 0.25) is 0 Å². The predicted octanol–water partition coefficient (Wildman–Crippen LogP) is 2.43. The van der Waals surface area contributed by atoms with Gasteiger partial charge in [0.1, 0.15) is 6.61 Å². The number of nitrogens with zero attached hydrogens (tertiary/aromatic N) is 1. The maximum atomic E-state index is 5.75. The number of ether oxygens (including phenoxy) is 2. The third-order valence-corrected chi connectivity index (χ3v) is 2.32. The van der Waals surface area contributed by atoms with Gasteiger partial charge >= 0.3 is 0 Å². The number of fused-ring (bicyclic) bond motifs is 1. The molecular formula is C12H13NO2. The molecule has 0 N–H and O–H groups in total. The molecule has 1 aliphatic heterocycles. The first-order valence-electron chi connectivity index (χ1n) is 4.86. The third-order valence-electron chi connectivity index (χ3n) is 2.32. The van der Waals surface area contributed by atoms with Crippen molar-refractivity contribution in [1.82, 2.24) is 0 Å². The minimum atomic E-state index is -0.151. The van der Waals surface area contributed by atoms with Crippen LogP contribution in [0.3, 0.4) is 0 Å². The summed E-state index contributed by atoms with van der Waals surface area (Å²) in [5.41, 5.74) is 0.810. The van der Waals surface area contributed by atoms with E-state index in [1.807, 2.05) is 37.3 Å². The Bertz CT molecular complexity index is 398. The maximum Gasteiger partial charge on any atom is 0.174 e. The Morgan fingerprint density at radius 3 is 2.87 bits per heavy atom. The van der Waals surface area contributed by atoms with E-state index in [2.05, 4.69) is 11.7 Å². The van der Waals surface area contributed by atoms with Crippen LogP contribution in [0.1, 0.15) is 6.92 Å². The molecule has 0 bridgehead atoms. The summed E-state index contributed by atoms with van der Waals surface area (Å²) in [6.45, 7) is 5.90. The molecule has 78 valence electrons. The zero-order chi connectivity index (χ0) is 10.7. The molecule has 1 aromatic carbocycles. The van der Waals surface area contributed by atoms with Gasteiger partial charge in [0, 0.05) is 0 Å². The van der Waals surface area contributed by atoms with Crippen molar-refractivity contribution in [3.05, 3.63) is 36.0 Å². The second kappa shape index (κ2) is 4.17. The SMILES string of the molecule is C=NC(=CC)C1COc2ccccc2O1. The van der Waals surface area contributed by atoms with Gasteiger partial charge in [-0.25, -0.2) is 0 Å². The van der Waals surface area contributed by atoms with Crippen molar-refractivity contribution in [3.8, 4) is 11.5 Å². The van der Waals surface area contributed by atoms with Gasteiger partial charge in [-0.15, -0.1) is 0 Å². The molecule has 0 spiro atoms. The van der Waals surface area contributed by atoms with Gasteiger partial charge in [-0.2, -0.15) is 0 Å². The molecule has 0 aliphatic carbocycles. The monoisotopic (exact) mass is 203 g/mol. The molecule has 15 heavy (non-hydrogen) atoms. The Labute approximate surface area is 89.0 Å². The highest BCUT2D eigenvalue weighted by Gasteiger charge is 2.22. The lowest BCUT2D eigenvalue weighted by atomic mass is 10.2. The molecule has 0 fully saturated rings. The molecule has 2 rings (SSSR count). The fraction of sp³-hybridized carbons (Fsp3) is 0.250. The van der Waals surface area contributed by atoms with E-state index in [1.54, 1.807) is 0 Å². The average Bonchev–Trinajstić information content (AvgIpc) is 2.30. The zero-order valence-electron chi connectivity index (χ0n) is 8.64. The van der Waals surface area contributed by atoms with Crippen molar-refractivity contribution >= 4 is 6.72 Å². The largest absolute Gasteiger partial charge is 0.485 e. The van der Waals surface area contributed by atoms with Gasteiger partial charge in [0.25, 0.3) is 0 Å². The van der Waals surface area contributed by atoms with E-state index in [4.69, 9.17) is 9.47 Å². The number of para-hydroxylation sites is 2. The Hall–Kier alpha value is -1.77. The lowest BCUT2D eigenvalue weighted by Crippen LogP contribution is -2.30. The summed E-state index contributed by atoms with van der Waals surface area (Å²) in [5, 5.41) is 0. The predicted molar refractivity (Wildman–Crippen MR) is 59.7 cm³/mol. The highest BCUT2D eigenvalue weighted by Crippen LogP contribution is 2.32. The van der Waals surface area contributed by atoms with Crippen LogP contribution in [0.2, 0.25) is 0 Å². The molecule has 1 aliphatic rings. The smallest absolute Gasteiger partial charge is 0.174 e. The second-order valence-electron chi connectivity index (χ2n) is 3.24. The maximum absolute atomic E-state index is 5.75. The summed E-state index contributed by atoms with van der Waals surface area (Å²) in [5.74, 6) is 1.55. The first-order valence-corrected chi connectivity index (χ1v) is 4.86. The van der Waals surface area contributed by atoms with Crippen molar-refractivity contribution in [2.24, 2.45) is 4.99 Å². The van der Waals surface area contributed by atoms with Crippen molar-refractivity contribution < 1.29 is 9.47 Å². The van der Waals surface area contributed by atoms with E-state index in [0.717, 1.165) is 17.2 Å². The van der Waals surface area contributed by atoms with E-state index in [9.17, 15) is 0 Å². The van der Waals surface area contributed by atoms with Crippen molar-refractivity contribution in [1.29, 1.82) is 0 Å². The van der Waals surface area contributed by atoms with Crippen LogP contribution in [0.25, 0.3) is 0 Å². The van der Waals surface area contributed by atoms with E-state index in [1.165, 1.54) is 0 Å². The highest BCUT2D eigenvalue weighted by atomic mass is 16.6. The summed E-state index contributed by atoms with van der Waals surface area (Å²) in [7, 11) is 0. The molecule has 1 atom stereocenters.